The molecule has 3 rings (SSSR count). The third-order valence-electron chi connectivity index (χ3n) is 5.63. The second-order valence-corrected chi connectivity index (χ2v) is 7.70. The van der Waals surface area contributed by atoms with Crippen LogP contribution in [0.4, 0.5) is 0 Å². The fraction of sp³-hybridized carbons (Fsp3) is 0.632. The highest BCUT2D eigenvalue weighted by Gasteiger charge is 2.41. The average molecular weight is 351 g/mol. The SMILES string of the molecule is CN(CCOc1cccc(Cl)c1)C(=O)C1CC2CCCC(C1)C2N. The van der Waals surface area contributed by atoms with Gasteiger partial charge < -0.3 is 15.4 Å². The number of hydrogen-bond acceptors (Lipinski definition) is 3. The molecule has 0 aliphatic heterocycles. The van der Waals surface area contributed by atoms with Gasteiger partial charge in [0.2, 0.25) is 5.91 Å². The Morgan fingerprint density at radius 1 is 1.33 bits per heavy atom. The van der Waals surface area contributed by atoms with Crippen molar-refractivity contribution < 1.29 is 9.53 Å². The standard InChI is InChI=1S/C19H27ClN2O2/c1-22(8-9-24-17-7-3-6-16(20)12-17)19(23)15-10-13-4-2-5-14(11-15)18(13)21/h3,6-7,12-15,18H,2,4-5,8-11,21H2,1H3. The van der Waals surface area contributed by atoms with Crippen LogP contribution >= 0.6 is 11.6 Å². The van der Waals surface area contributed by atoms with Crippen LogP contribution in [0.3, 0.4) is 0 Å². The number of hydrogen-bond donors (Lipinski definition) is 1. The van der Waals surface area contributed by atoms with Gasteiger partial charge in [-0.25, -0.2) is 0 Å². The summed E-state index contributed by atoms with van der Waals surface area (Å²) < 4.78 is 5.69. The summed E-state index contributed by atoms with van der Waals surface area (Å²) in [6, 6.07) is 7.63. The fourth-order valence-electron chi connectivity index (χ4n) is 4.27. The van der Waals surface area contributed by atoms with E-state index in [2.05, 4.69) is 0 Å². The van der Waals surface area contributed by atoms with Gasteiger partial charge in [0.25, 0.3) is 0 Å². The van der Waals surface area contributed by atoms with Crippen LogP contribution in [0.25, 0.3) is 0 Å². The van der Waals surface area contributed by atoms with E-state index < -0.39 is 0 Å². The molecule has 0 aromatic heterocycles. The Labute approximate surface area is 149 Å². The van der Waals surface area contributed by atoms with Gasteiger partial charge in [-0.2, -0.15) is 0 Å². The zero-order valence-corrected chi connectivity index (χ0v) is 15.0. The molecule has 2 saturated carbocycles. The molecule has 0 saturated heterocycles. The summed E-state index contributed by atoms with van der Waals surface area (Å²) in [6.45, 7) is 1.06. The predicted octanol–water partition coefficient (Wildman–Crippen LogP) is 3.33. The monoisotopic (exact) mass is 350 g/mol. The van der Waals surface area contributed by atoms with E-state index in [1.807, 2.05) is 30.1 Å². The fourth-order valence-corrected chi connectivity index (χ4v) is 4.45. The zero-order valence-electron chi connectivity index (χ0n) is 14.3. The number of carbonyl (C=O) groups is 1. The Morgan fingerprint density at radius 2 is 2.04 bits per heavy atom. The minimum Gasteiger partial charge on any atom is -0.492 e. The zero-order chi connectivity index (χ0) is 17.1. The van der Waals surface area contributed by atoms with Crippen molar-refractivity contribution in [1.29, 1.82) is 0 Å². The Kier molecular flexibility index (Phi) is 5.67. The highest BCUT2D eigenvalue weighted by atomic mass is 35.5. The van der Waals surface area contributed by atoms with Crippen molar-refractivity contribution in [3.05, 3.63) is 29.3 Å². The van der Waals surface area contributed by atoms with E-state index in [1.54, 1.807) is 6.07 Å². The smallest absolute Gasteiger partial charge is 0.225 e. The van der Waals surface area contributed by atoms with Gasteiger partial charge in [0.05, 0.1) is 6.54 Å². The van der Waals surface area contributed by atoms with Gasteiger partial charge in [0.1, 0.15) is 12.4 Å². The second kappa shape index (κ2) is 7.75. The van der Waals surface area contributed by atoms with E-state index >= 15 is 0 Å². The van der Waals surface area contributed by atoms with Gasteiger partial charge in [0, 0.05) is 24.0 Å². The van der Waals surface area contributed by atoms with Gasteiger partial charge >= 0.3 is 0 Å². The van der Waals surface area contributed by atoms with Crippen LogP contribution in [0.2, 0.25) is 5.02 Å². The topological polar surface area (TPSA) is 55.6 Å². The molecule has 1 aromatic rings. The number of amides is 1. The number of likely N-dealkylation sites (N-methyl/N-ethyl adjacent to an activating group) is 1. The highest BCUT2D eigenvalue weighted by Crippen LogP contribution is 2.42. The number of nitrogens with two attached hydrogens (primary N) is 1. The molecule has 1 amide bonds. The maximum atomic E-state index is 12.7. The van der Waals surface area contributed by atoms with E-state index in [1.165, 1.54) is 19.3 Å². The Balaban J connectivity index is 1.48. The van der Waals surface area contributed by atoms with Crippen LogP contribution in [0.15, 0.2) is 24.3 Å². The Bertz CT molecular complexity index is 566. The van der Waals surface area contributed by atoms with Crippen LogP contribution in [0, 0.1) is 17.8 Å². The summed E-state index contributed by atoms with van der Waals surface area (Å²) >= 11 is 5.94. The molecule has 2 atom stereocenters. The van der Waals surface area contributed by atoms with E-state index in [-0.39, 0.29) is 11.8 Å². The number of benzene rings is 1. The van der Waals surface area contributed by atoms with Crippen molar-refractivity contribution in [2.24, 2.45) is 23.5 Å². The molecule has 0 spiro atoms. The van der Waals surface area contributed by atoms with Crippen molar-refractivity contribution in [3.8, 4) is 5.75 Å². The van der Waals surface area contributed by atoms with Crippen LogP contribution in [-0.2, 0) is 4.79 Å². The van der Waals surface area contributed by atoms with Crippen molar-refractivity contribution >= 4 is 17.5 Å². The lowest BCUT2D eigenvalue weighted by Gasteiger charge is -2.44. The largest absolute Gasteiger partial charge is 0.492 e. The first-order chi connectivity index (χ1) is 11.5. The lowest BCUT2D eigenvalue weighted by molar-refractivity contribution is -0.137. The number of halogens is 1. The van der Waals surface area contributed by atoms with E-state index in [9.17, 15) is 4.79 Å². The van der Waals surface area contributed by atoms with E-state index in [0.717, 1.165) is 18.6 Å². The summed E-state index contributed by atoms with van der Waals surface area (Å²) in [5, 5.41) is 0.655. The third-order valence-corrected chi connectivity index (χ3v) is 5.87. The average Bonchev–Trinajstić information content (AvgIpc) is 2.54. The van der Waals surface area contributed by atoms with Crippen LogP contribution in [0.1, 0.15) is 32.1 Å². The van der Waals surface area contributed by atoms with E-state index in [0.29, 0.717) is 36.1 Å². The summed E-state index contributed by atoms with van der Waals surface area (Å²) in [4.78, 5) is 14.5. The van der Waals surface area contributed by atoms with Crippen molar-refractivity contribution in [2.75, 3.05) is 20.2 Å². The summed E-state index contributed by atoms with van der Waals surface area (Å²) in [5.41, 5.74) is 6.32. The van der Waals surface area contributed by atoms with Crippen LogP contribution in [-0.4, -0.2) is 37.0 Å². The normalized spacial score (nSPS) is 29.1. The maximum Gasteiger partial charge on any atom is 0.225 e. The maximum absolute atomic E-state index is 12.7. The lowest BCUT2D eigenvalue weighted by Crippen LogP contribution is -2.49. The van der Waals surface area contributed by atoms with Crippen LogP contribution in [0.5, 0.6) is 5.75 Å². The summed E-state index contributed by atoms with van der Waals surface area (Å²) in [6.07, 6.45) is 5.55. The molecule has 2 N–H and O–H groups in total. The van der Waals surface area contributed by atoms with Gasteiger partial charge in [0.15, 0.2) is 0 Å². The molecular weight excluding hydrogens is 324 g/mol. The number of carbonyl (C=O) groups excluding carboxylic acids is 1. The molecule has 0 heterocycles. The Hall–Kier alpha value is -1.26. The summed E-state index contributed by atoms with van der Waals surface area (Å²) in [7, 11) is 1.87. The molecule has 2 aliphatic carbocycles. The molecule has 4 nitrogen and oxygen atoms in total. The number of ether oxygens (including phenoxy) is 1. The molecule has 5 heteroatoms. The third kappa shape index (κ3) is 4.04. The molecule has 2 aliphatic rings. The lowest BCUT2D eigenvalue weighted by atomic mass is 9.65. The molecule has 1 aromatic carbocycles. The van der Waals surface area contributed by atoms with E-state index in [4.69, 9.17) is 22.1 Å². The molecule has 132 valence electrons. The number of fused-ring (bicyclic) bond motifs is 2. The molecule has 2 unspecified atom stereocenters. The van der Waals surface area contributed by atoms with Crippen molar-refractivity contribution in [3.63, 3.8) is 0 Å². The number of rotatable bonds is 5. The molecule has 0 radical (unpaired) electrons. The summed E-state index contributed by atoms with van der Waals surface area (Å²) in [5.74, 6) is 2.18. The number of nitrogens with zero attached hydrogens (tertiary/aromatic N) is 1. The minimum atomic E-state index is 0.135. The Morgan fingerprint density at radius 3 is 2.71 bits per heavy atom. The first-order valence-electron chi connectivity index (χ1n) is 8.93. The van der Waals surface area contributed by atoms with Gasteiger partial charge in [-0.15, -0.1) is 0 Å². The highest BCUT2D eigenvalue weighted by molar-refractivity contribution is 6.30. The molecule has 2 bridgehead atoms. The quantitative estimate of drug-likeness (QED) is 0.886. The first-order valence-corrected chi connectivity index (χ1v) is 9.31. The molecule has 2 fully saturated rings. The van der Waals surface area contributed by atoms with Crippen molar-refractivity contribution in [1.82, 2.24) is 4.90 Å². The van der Waals surface area contributed by atoms with Crippen molar-refractivity contribution in [2.45, 2.75) is 38.1 Å². The second-order valence-electron chi connectivity index (χ2n) is 7.26. The minimum absolute atomic E-state index is 0.135. The molecular formula is C19H27ClN2O2. The van der Waals surface area contributed by atoms with Gasteiger partial charge in [-0.05, 0) is 55.7 Å². The van der Waals surface area contributed by atoms with Gasteiger partial charge in [-0.3, -0.25) is 4.79 Å². The first kappa shape index (κ1) is 17.6. The van der Waals surface area contributed by atoms with Crippen LogP contribution < -0.4 is 10.5 Å². The van der Waals surface area contributed by atoms with Gasteiger partial charge in [-0.1, -0.05) is 24.1 Å². The predicted molar refractivity (Wildman–Crippen MR) is 96.1 cm³/mol. The molecule has 24 heavy (non-hydrogen) atoms.